The number of carbonyl (C=O) groups is 1. The van der Waals surface area contributed by atoms with Crippen LogP contribution in [0.15, 0.2) is 30.7 Å². The van der Waals surface area contributed by atoms with Crippen LogP contribution in [0.1, 0.15) is 34.5 Å². The molecule has 0 radical (unpaired) electrons. The van der Waals surface area contributed by atoms with Crippen molar-refractivity contribution in [1.29, 1.82) is 0 Å². The van der Waals surface area contributed by atoms with Crippen molar-refractivity contribution in [2.24, 2.45) is 7.05 Å². The van der Waals surface area contributed by atoms with Crippen molar-refractivity contribution in [1.82, 2.24) is 19.7 Å². The first-order chi connectivity index (χ1) is 9.66. The lowest BCUT2D eigenvalue weighted by Gasteiger charge is -2.22. The zero-order valence-electron chi connectivity index (χ0n) is 11.8. The van der Waals surface area contributed by atoms with Crippen LogP contribution in [0.4, 0.5) is 0 Å². The Kier molecular flexibility index (Phi) is 3.26. The minimum Gasteiger partial charge on any atom is -0.331 e. The van der Waals surface area contributed by atoms with Gasteiger partial charge in [-0.3, -0.25) is 14.5 Å². The first-order valence-electron chi connectivity index (χ1n) is 6.85. The average molecular weight is 270 g/mol. The van der Waals surface area contributed by atoms with Gasteiger partial charge in [0.15, 0.2) is 0 Å². The molecule has 0 saturated heterocycles. The Morgan fingerprint density at radius 3 is 2.65 bits per heavy atom. The number of carbonyl (C=O) groups excluding carboxylic acids is 1. The number of hydrogen-bond donors (Lipinski definition) is 0. The van der Waals surface area contributed by atoms with Gasteiger partial charge in [0.05, 0.1) is 11.8 Å². The molecule has 0 N–H and O–H groups in total. The fourth-order valence-electron chi connectivity index (χ4n) is 2.30. The lowest BCUT2D eigenvalue weighted by Crippen LogP contribution is -2.32. The maximum Gasteiger partial charge on any atom is 0.257 e. The van der Waals surface area contributed by atoms with Crippen molar-refractivity contribution in [3.8, 4) is 0 Å². The topological polar surface area (TPSA) is 51.0 Å². The average Bonchev–Trinajstić information content (AvgIpc) is 3.25. The number of hydrogen-bond acceptors (Lipinski definition) is 3. The molecule has 104 valence electrons. The van der Waals surface area contributed by atoms with Crippen molar-refractivity contribution in [2.75, 3.05) is 0 Å². The van der Waals surface area contributed by atoms with Gasteiger partial charge in [-0.2, -0.15) is 5.10 Å². The summed E-state index contributed by atoms with van der Waals surface area (Å²) in [7, 11) is 1.86. The molecule has 2 aromatic rings. The minimum absolute atomic E-state index is 0.0786. The lowest BCUT2D eigenvalue weighted by molar-refractivity contribution is 0.0729. The van der Waals surface area contributed by atoms with E-state index in [0.29, 0.717) is 18.2 Å². The van der Waals surface area contributed by atoms with Gasteiger partial charge in [-0.05, 0) is 37.5 Å². The Morgan fingerprint density at radius 1 is 1.40 bits per heavy atom. The number of amides is 1. The summed E-state index contributed by atoms with van der Waals surface area (Å²) in [5.41, 5.74) is 2.73. The molecule has 1 fully saturated rings. The van der Waals surface area contributed by atoms with Gasteiger partial charge < -0.3 is 4.90 Å². The van der Waals surface area contributed by atoms with Crippen molar-refractivity contribution in [3.05, 3.63) is 47.5 Å². The van der Waals surface area contributed by atoms with E-state index < -0.39 is 0 Å². The minimum atomic E-state index is 0.0786. The normalized spacial score (nSPS) is 14.3. The SMILES string of the molecule is Cc1c(C(=O)N(Cc2ccncc2)C2CC2)cnn1C. The van der Waals surface area contributed by atoms with Crippen molar-refractivity contribution in [2.45, 2.75) is 32.4 Å². The molecule has 1 aliphatic rings. The molecule has 1 amide bonds. The van der Waals surface area contributed by atoms with Crippen LogP contribution in [0.5, 0.6) is 0 Å². The number of pyridine rings is 1. The smallest absolute Gasteiger partial charge is 0.257 e. The molecule has 0 aromatic carbocycles. The summed E-state index contributed by atoms with van der Waals surface area (Å²) >= 11 is 0. The number of aromatic nitrogens is 3. The molecular formula is C15H18N4O. The number of aryl methyl sites for hydroxylation is 1. The van der Waals surface area contributed by atoms with Crippen LogP contribution in [0, 0.1) is 6.92 Å². The molecule has 5 heteroatoms. The summed E-state index contributed by atoms with van der Waals surface area (Å²) in [6.07, 6.45) is 7.38. The molecule has 0 bridgehead atoms. The largest absolute Gasteiger partial charge is 0.331 e. The van der Waals surface area contributed by atoms with E-state index in [1.54, 1.807) is 23.3 Å². The highest BCUT2D eigenvalue weighted by Crippen LogP contribution is 2.30. The fourth-order valence-corrected chi connectivity index (χ4v) is 2.30. The Balaban J connectivity index is 1.84. The van der Waals surface area contributed by atoms with Gasteiger partial charge in [-0.1, -0.05) is 0 Å². The molecule has 0 unspecified atom stereocenters. The molecule has 3 rings (SSSR count). The highest BCUT2D eigenvalue weighted by Gasteiger charge is 2.34. The Hall–Kier alpha value is -2.17. The van der Waals surface area contributed by atoms with Gasteiger partial charge in [0.25, 0.3) is 5.91 Å². The lowest BCUT2D eigenvalue weighted by atomic mass is 10.2. The monoisotopic (exact) mass is 270 g/mol. The van der Waals surface area contributed by atoms with E-state index in [1.165, 1.54) is 0 Å². The van der Waals surface area contributed by atoms with Gasteiger partial charge in [-0.15, -0.1) is 0 Å². The Morgan fingerprint density at radius 2 is 2.10 bits per heavy atom. The van der Waals surface area contributed by atoms with Crippen LogP contribution < -0.4 is 0 Å². The van der Waals surface area contributed by atoms with E-state index in [0.717, 1.165) is 24.1 Å². The third kappa shape index (κ3) is 2.43. The molecule has 0 spiro atoms. The van der Waals surface area contributed by atoms with Gasteiger partial charge >= 0.3 is 0 Å². The molecule has 2 heterocycles. The maximum atomic E-state index is 12.7. The van der Waals surface area contributed by atoms with E-state index in [-0.39, 0.29) is 5.91 Å². The zero-order valence-corrected chi connectivity index (χ0v) is 11.8. The van der Waals surface area contributed by atoms with Crippen LogP contribution in [-0.2, 0) is 13.6 Å². The molecule has 0 aliphatic heterocycles. The van der Waals surface area contributed by atoms with Crippen LogP contribution in [-0.4, -0.2) is 31.6 Å². The summed E-state index contributed by atoms with van der Waals surface area (Å²) in [5, 5.41) is 4.17. The van der Waals surface area contributed by atoms with Crippen LogP contribution >= 0.6 is 0 Å². The third-order valence-corrected chi connectivity index (χ3v) is 3.82. The molecule has 1 aliphatic carbocycles. The van der Waals surface area contributed by atoms with E-state index in [9.17, 15) is 4.79 Å². The number of rotatable bonds is 4. The first-order valence-corrected chi connectivity index (χ1v) is 6.85. The summed E-state index contributed by atoms with van der Waals surface area (Å²) in [4.78, 5) is 18.7. The molecule has 1 saturated carbocycles. The van der Waals surface area contributed by atoms with Crippen molar-refractivity contribution in [3.63, 3.8) is 0 Å². The summed E-state index contributed by atoms with van der Waals surface area (Å²) in [6, 6.07) is 4.28. The molecule has 20 heavy (non-hydrogen) atoms. The van der Waals surface area contributed by atoms with Gasteiger partial charge in [0.2, 0.25) is 0 Å². The number of nitrogens with zero attached hydrogens (tertiary/aromatic N) is 4. The zero-order chi connectivity index (χ0) is 14.1. The first kappa shape index (κ1) is 12.8. The third-order valence-electron chi connectivity index (χ3n) is 3.82. The highest BCUT2D eigenvalue weighted by atomic mass is 16.2. The summed E-state index contributed by atoms with van der Waals surface area (Å²) < 4.78 is 1.74. The molecule has 5 nitrogen and oxygen atoms in total. The summed E-state index contributed by atoms with van der Waals surface area (Å²) in [5.74, 6) is 0.0786. The van der Waals surface area contributed by atoms with E-state index >= 15 is 0 Å². The second-order valence-corrected chi connectivity index (χ2v) is 5.29. The van der Waals surface area contributed by atoms with Crippen LogP contribution in [0.2, 0.25) is 0 Å². The second kappa shape index (κ2) is 5.07. The van der Waals surface area contributed by atoms with Crippen molar-refractivity contribution >= 4 is 5.91 Å². The van der Waals surface area contributed by atoms with Crippen LogP contribution in [0.25, 0.3) is 0 Å². The predicted molar refractivity (Wildman–Crippen MR) is 75.1 cm³/mol. The molecule has 0 atom stereocenters. The van der Waals surface area contributed by atoms with Gasteiger partial charge in [0.1, 0.15) is 0 Å². The Bertz CT molecular complexity index is 616. The highest BCUT2D eigenvalue weighted by molar-refractivity contribution is 5.95. The summed E-state index contributed by atoms with van der Waals surface area (Å²) in [6.45, 7) is 2.57. The Labute approximate surface area is 118 Å². The molecule has 2 aromatic heterocycles. The second-order valence-electron chi connectivity index (χ2n) is 5.29. The maximum absolute atomic E-state index is 12.7. The van der Waals surface area contributed by atoms with E-state index in [1.807, 2.05) is 31.0 Å². The van der Waals surface area contributed by atoms with Gasteiger partial charge in [0, 0.05) is 37.7 Å². The fraction of sp³-hybridized carbons (Fsp3) is 0.400. The predicted octanol–water partition coefficient (Wildman–Crippen LogP) is 1.93. The standard InChI is InChI=1S/C15H18N4O/c1-11-14(9-17-18(11)2)15(20)19(13-3-4-13)10-12-5-7-16-8-6-12/h5-9,13H,3-4,10H2,1-2H3. The van der Waals surface area contributed by atoms with E-state index in [2.05, 4.69) is 10.1 Å². The van der Waals surface area contributed by atoms with Crippen LogP contribution in [0.3, 0.4) is 0 Å². The van der Waals surface area contributed by atoms with Gasteiger partial charge in [-0.25, -0.2) is 0 Å². The van der Waals surface area contributed by atoms with E-state index in [4.69, 9.17) is 0 Å². The molecular weight excluding hydrogens is 252 g/mol. The quantitative estimate of drug-likeness (QED) is 0.853. The van der Waals surface area contributed by atoms with Crippen molar-refractivity contribution < 1.29 is 4.79 Å².